The summed E-state index contributed by atoms with van der Waals surface area (Å²) >= 11 is 12.4. The lowest BCUT2D eigenvalue weighted by molar-refractivity contribution is 0.00620. The van der Waals surface area contributed by atoms with Gasteiger partial charge in [0.05, 0.1) is 11.4 Å². The fourth-order valence-corrected chi connectivity index (χ4v) is 8.32. The minimum absolute atomic E-state index is 0.00813. The van der Waals surface area contributed by atoms with Crippen LogP contribution in [0.3, 0.4) is 0 Å². The van der Waals surface area contributed by atoms with Gasteiger partial charge in [0, 0.05) is 100 Å². The molecule has 0 bridgehead atoms. The summed E-state index contributed by atoms with van der Waals surface area (Å²) in [6.07, 6.45) is 10.4. The number of ether oxygens (including phenoxy) is 3. The van der Waals surface area contributed by atoms with Gasteiger partial charge in [0.15, 0.2) is 11.4 Å². The zero-order valence-electron chi connectivity index (χ0n) is 35.4. The number of rotatable bonds is 8. The molecule has 2 amide bonds. The fraction of sp³-hybridized carbons (Fsp3) is 0.500. The number of carboxylic acid groups (broad SMARTS) is 1. The number of likely N-dealkylation sites (tertiary alicyclic amines) is 2. The Morgan fingerprint density at radius 3 is 1.40 bits per heavy atom. The highest BCUT2D eigenvalue weighted by atomic mass is 35.5. The Morgan fingerprint density at radius 1 is 0.613 bits per heavy atom. The molecule has 4 aliphatic heterocycles. The molecule has 0 saturated carbocycles. The second-order valence-corrected chi connectivity index (χ2v) is 17.8. The Kier molecular flexibility index (Phi) is 14.2. The smallest absolute Gasteiger partial charge is 0.359 e. The average Bonchev–Trinajstić information content (AvgIpc) is 4.10. The Bertz CT molecular complexity index is 2210. The third kappa shape index (κ3) is 11.3. The van der Waals surface area contributed by atoms with Crippen molar-refractivity contribution in [1.82, 2.24) is 29.4 Å². The van der Waals surface area contributed by atoms with E-state index in [1.807, 2.05) is 36.4 Å². The predicted octanol–water partition coefficient (Wildman–Crippen LogP) is 7.95. The first kappa shape index (κ1) is 44.6. The molecule has 8 rings (SSSR count). The number of carbonyl (C=O) groups is 4. The summed E-state index contributed by atoms with van der Waals surface area (Å²) in [5.41, 5.74) is 1.43. The molecular formula is C44H54Cl2N8O8. The van der Waals surface area contributed by atoms with Gasteiger partial charge in [-0.05, 0) is 95.0 Å². The summed E-state index contributed by atoms with van der Waals surface area (Å²) in [6, 6.07) is 13.7. The molecule has 6 heterocycles. The first-order valence-electron chi connectivity index (χ1n) is 21.3. The van der Waals surface area contributed by atoms with Crippen molar-refractivity contribution in [3.05, 3.63) is 82.4 Å². The number of hydrogen-bond acceptors (Lipinski definition) is 11. The molecule has 0 unspecified atom stereocenters. The normalized spacial score (nSPS) is 17.4. The number of nitrogens with zero attached hydrogens (tertiary/aromatic N) is 8. The van der Waals surface area contributed by atoms with Crippen LogP contribution >= 0.6 is 23.2 Å². The molecule has 4 saturated heterocycles. The van der Waals surface area contributed by atoms with Crippen LogP contribution < -0.4 is 19.3 Å². The van der Waals surface area contributed by atoms with Gasteiger partial charge in [-0.1, -0.05) is 23.2 Å². The van der Waals surface area contributed by atoms with Gasteiger partial charge in [0.1, 0.15) is 29.3 Å². The number of aromatic carboxylic acids is 1. The van der Waals surface area contributed by atoms with Crippen molar-refractivity contribution in [2.24, 2.45) is 0 Å². The van der Waals surface area contributed by atoms with E-state index < -0.39 is 17.5 Å². The van der Waals surface area contributed by atoms with Gasteiger partial charge in [-0.25, -0.2) is 19.2 Å². The standard InChI is InChI=1S/C24H31ClN4O4.C20H23ClN4O4/c1-24(2,3)33-22(30)19-10-15-29(26-19)23(31)28-13-8-18(9-14-28)32-21-7-6-17(25)16-20(21)27-11-4-5-12-27;21-14-3-4-18(17(13-14)23-8-1-2-9-23)29-15-5-10-24(11-6-15)20(28)25-12-7-16(22-25)19(26)27/h6-7,10,15-16,18H,4-5,8-9,11-14H2,1-3H3;3-4,7,12-13,15H,1-2,5-6,8-11H2,(H,26,27). The van der Waals surface area contributed by atoms with Crippen LogP contribution in [0.5, 0.6) is 11.5 Å². The Balaban J connectivity index is 0.000000188. The van der Waals surface area contributed by atoms with Crippen molar-refractivity contribution >= 4 is 58.6 Å². The number of aromatic nitrogens is 4. The molecule has 62 heavy (non-hydrogen) atoms. The topological polar surface area (TPSA) is 165 Å². The van der Waals surface area contributed by atoms with Crippen LogP contribution in [0.4, 0.5) is 21.0 Å². The fourth-order valence-electron chi connectivity index (χ4n) is 7.98. The summed E-state index contributed by atoms with van der Waals surface area (Å²) < 4.78 is 20.2. The van der Waals surface area contributed by atoms with Gasteiger partial charge < -0.3 is 38.9 Å². The molecule has 16 nitrogen and oxygen atoms in total. The summed E-state index contributed by atoms with van der Waals surface area (Å²) in [5, 5.41) is 18.3. The second-order valence-electron chi connectivity index (χ2n) is 16.9. The van der Waals surface area contributed by atoms with Crippen LogP contribution in [0.25, 0.3) is 0 Å². The molecular weight excluding hydrogens is 839 g/mol. The van der Waals surface area contributed by atoms with Crippen molar-refractivity contribution in [3.63, 3.8) is 0 Å². The van der Waals surface area contributed by atoms with E-state index in [0.29, 0.717) is 61.9 Å². The van der Waals surface area contributed by atoms with Crippen LogP contribution in [0.2, 0.25) is 10.0 Å². The molecule has 0 spiro atoms. The number of esters is 1. The van der Waals surface area contributed by atoms with E-state index in [1.165, 1.54) is 54.9 Å². The molecule has 332 valence electrons. The van der Waals surface area contributed by atoms with Crippen LogP contribution in [0.15, 0.2) is 60.9 Å². The van der Waals surface area contributed by atoms with E-state index in [-0.39, 0.29) is 35.7 Å². The lowest BCUT2D eigenvalue weighted by Gasteiger charge is -2.33. The largest absolute Gasteiger partial charge is 0.488 e. The van der Waals surface area contributed by atoms with Gasteiger partial charge in [-0.2, -0.15) is 19.6 Å². The molecule has 4 aliphatic rings. The maximum atomic E-state index is 12.9. The number of piperidine rings is 2. The van der Waals surface area contributed by atoms with Crippen molar-refractivity contribution in [2.45, 2.75) is 89.9 Å². The number of hydrogen-bond donors (Lipinski definition) is 1. The summed E-state index contributed by atoms with van der Waals surface area (Å²) in [7, 11) is 0. The molecule has 4 aromatic rings. The number of benzene rings is 2. The Hall–Kier alpha value is -5.48. The van der Waals surface area contributed by atoms with Gasteiger partial charge in [-0.15, -0.1) is 0 Å². The number of carbonyl (C=O) groups excluding carboxylic acids is 3. The molecule has 2 aromatic heterocycles. The highest BCUT2D eigenvalue weighted by Crippen LogP contribution is 2.37. The molecule has 4 fully saturated rings. The van der Waals surface area contributed by atoms with Crippen molar-refractivity contribution < 1.29 is 38.5 Å². The third-order valence-corrected chi connectivity index (χ3v) is 11.6. The monoisotopic (exact) mass is 892 g/mol. The first-order chi connectivity index (χ1) is 29.7. The summed E-state index contributed by atoms with van der Waals surface area (Å²) in [4.78, 5) is 56.5. The maximum Gasteiger partial charge on any atom is 0.359 e. The number of anilines is 2. The van der Waals surface area contributed by atoms with Gasteiger partial charge >= 0.3 is 24.0 Å². The zero-order chi connectivity index (χ0) is 44.0. The molecule has 2 aromatic carbocycles. The van der Waals surface area contributed by atoms with E-state index in [9.17, 15) is 19.2 Å². The van der Waals surface area contributed by atoms with Crippen molar-refractivity contribution in [3.8, 4) is 11.5 Å². The predicted molar refractivity (Wildman–Crippen MR) is 234 cm³/mol. The highest BCUT2D eigenvalue weighted by Gasteiger charge is 2.30. The average molecular weight is 894 g/mol. The lowest BCUT2D eigenvalue weighted by atomic mass is 10.1. The van der Waals surface area contributed by atoms with Crippen LogP contribution in [0.1, 0.15) is 93.1 Å². The van der Waals surface area contributed by atoms with Crippen molar-refractivity contribution in [1.29, 1.82) is 0 Å². The van der Waals surface area contributed by atoms with E-state index in [0.717, 1.165) is 53.7 Å². The van der Waals surface area contributed by atoms with E-state index in [2.05, 4.69) is 20.0 Å². The Labute approximate surface area is 371 Å². The van der Waals surface area contributed by atoms with Crippen LogP contribution in [0, 0.1) is 0 Å². The third-order valence-electron chi connectivity index (χ3n) is 11.1. The van der Waals surface area contributed by atoms with Gasteiger partial charge in [-0.3, -0.25) is 0 Å². The maximum absolute atomic E-state index is 12.9. The Morgan fingerprint density at radius 2 is 1.02 bits per heavy atom. The number of halogens is 2. The van der Waals surface area contributed by atoms with E-state index >= 15 is 0 Å². The number of carboxylic acids is 1. The zero-order valence-corrected chi connectivity index (χ0v) is 36.9. The second kappa shape index (κ2) is 19.7. The lowest BCUT2D eigenvalue weighted by Crippen LogP contribution is -2.44. The first-order valence-corrected chi connectivity index (χ1v) is 22.1. The summed E-state index contributed by atoms with van der Waals surface area (Å²) in [5.74, 6) is -0.0160. The minimum atomic E-state index is -1.15. The SMILES string of the molecule is CC(C)(C)OC(=O)c1ccn(C(=O)N2CCC(Oc3ccc(Cl)cc3N3CCCC3)CC2)n1.O=C(O)c1ccn(C(=O)N2CCC(Oc3ccc(Cl)cc3N3CCCC3)CC2)n1. The van der Waals surface area contributed by atoms with Crippen LogP contribution in [-0.2, 0) is 4.74 Å². The van der Waals surface area contributed by atoms with Gasteiger partial charge in [0.25, 0.3) is 0 Å². The minimum Gasteiger partial charge on any atom is -0.488 e. The quantitative estimate of drug-likeness (QED) is 0.170. The molecule has 0 atom stereocenters. The molecule has 0 radical (unpaired) electrons. The van der Waals surface area contributed by atoms with Crippen LogP contribution in [-0.4, -0.2) is 129 Å². The molecule has 1 N–H and O–H groups in total. The van der Waals surface area contributed by atoms with Crippen molar-refractivity contribution in [2.75, 3.05) is 62.2 Å². The summed E-state index contributed by atoms with van der Waals surface area (Å²) in [6.45, 7) is 11.6. The van der Waals surface area contributed by atoms with Gasteiger partial charge in [0.2, 0.25) is 0 Å². The molecule has 18 heteroatoms. The number of amides is 2. The van der Waals surface area contributed by atoms with E-state index in [4.69, 9.17) is 42.5 Å². The van der Waals surface area contributed by atoms with E-state index in [1.54, 1.807) is 30.6 Å². The molecule has 0 aliphatic carbocycles. The highest BCUT2D eigenvalue weighted by molar-refractivity contribution is 6.31.